The lowest BCUT2D eigenvalue weighted by atomic mass is 9.68. The van der Waals surface area contributed by atoms with Crippen molar-refractivity contribution in [3.63, 3.8) is 0 Å². The number of Topliss-reactive ketones (excluding diaryl/α,β-unsaturated/α-hetero) is 1. The first-order chi connectivity index (χ1) is 16.7. The summed E-state index contributed by atoms with van der Waals surface area (Å²) < 4.78 is 11.9. The fraction of sp³-hybridized carbons (Fsp3) is 0.440. The molecule has 0 bridgehead atoms. The van der Waals surface area contributed by atoms with E-state index in [4.69, 9.17) is 15.2 Å². The predicted molar refractivity (Wildman–Crippen MR) is 138 cm³/mol. The molecule has 35 heavy (non-hydrogen) atoms. The van der Waals surface area contributed by atoms with Gasteiger partial charge in [0, 0.05) is 29.0 Å². The molecule has 1 aliphatic heterocycles. The van der Waals surface area contributed by atoms with Gasteiger partial charge in [-0.2, -0.15) is 5.26 Å². The lowest BCUT2D eigenvalue weighted by molar-refractivity contribution is -0.118. The van der Waals surface area contributed by atoms with Crippen molar-refractivity contribution in [2.45, 2.75) is 50.3 Å². The normalized spacial score (nSPS) is 19.5. The van der Waals surface area contributed by atoms with Crippen LogP contribution in [0.1, 0.15) is 51.5 Å². The predicted octanol–water partition coefficient (Wildman–Crippen LogP) is 5.00. The highest BCUT2D eigenvalue weighted by Gasteiger charge is 2.46. The number of nitrogens with two attached hydrogens (primary N) is 1. The SMILES string of the molecule is CCCSc1nnc(N2C(N)=C(C#N)C(c3cc(OC)ccc3OC)C3=C2CC(C)(C)CC3=O)s1. The molecule has 0 saturated heterocycles. The van der Waals surface area contributed by atoms with Gasteiger partial charge in [-0.15, -0.1) is 10.2 Å². The van der Waals surface area contributed by atoms with Gasteiger partial charge in [-0.25, -0.2) is 0 Å². The smallest absolute Gasteiger partial charge is 0.219 e. The summed E-state index contributed by atoms with van der Waals surface area (Å²) in [6, 6.07) is 7.67. The molecule has 2 aliphatic rings. The Morgan fingerprint density at radius 1 is 1.29 bits per heavy atom. The summed E-state index contributed by atoms with van der Waals surface area (Å²) in [7, 11) is 3.14. The summed E-state index contributed by atoms with van der Waals surface area (Å²) >= 11 is 3.05. The van der Waals surface area contributed by atoms with Crippen molar-refractivity contribution in [2.24, 2.45) is 11.1 Å². The minimum Gasteiger partial charge on any atom is -0.497 e. The van der Waals surface area contributed by atoms with Gasteiger partial charge in [-0.05, 0) is 36.5 Å². The van der Waals surface area contributed by atoms with E-state index in [1.54, 1.807) is 43.0 Å². The minimum absolute atomic E-state index is 0.0125. The number of hydrogen-bond donors (Lipinski definition) is 1. The number of methoxy groups -OCH3 is 2. The molecule has 0 radical (unpaired) electrons. The monoisotopic (exact) mass is 511 g/mol. The molecule has 1 aliphatic carbocycles. The number of anilines is 1. The molecule has 184 valence electrons. The van der Waals surface area contributed by atoms with Gasteiger partial charge in [0.2, 0.25) is 5.13 Å². The maximum Gasteiger partial charge on any atom is 0.219 e. The summed E-state index contributed by atoms with van der Waals surface area (Å²) in [4.78, 5) is 15.5. The first-order valence-electron chi connectivity index (χ1n) is 11.4. The second-order valence-electron chi connectivity index (χ2n) is 9.29. The molecular formula is C25H29N5O3S2. The molecule has 0 saturated carbocycles. The molecule has 1 aromatic carbocycles. The third-order valence-electron chi connectivity index (χ3n) is 6.15. The molecule has 0 spiro atoms. The van der Waals surface area contributed by atoms with Gasteiger partial charge >= 0.3 is 0 Å². The number of carbonyl (C=O) groups is 1. The number of thioether (sulfide) groups is 1. The number of nitrogens with zero attached hydrogens (tertiary/aromatic N) is 4. The van der Waals surface area contributed by atoms with Gasteiger partial charge < -0.3 is 15.2 Å². The molecule has 10 heteroatoms. The highest BCUT2D eigenvalue weighted by molar-refractivity contribution is 8.01. The Bertz CT molecular complexity index is 1260. The first-order valence-corrected chi connectivity index (χ1v) is 13.2. The summed E-state index contributed by atoms with van der Waals surface area (Å²) in [5.74, 6) is 1.67. The van der Waals surface area contributed by atoms with E-state index >= 15 is 0 Å². The van der Waals surface area contributed by atoms with Crippen LogP contribution in [0, 0.1) is 16.7 Å². The van der Waals surface area contributed by atoms with Gasteiger partial charge in [-0.1, -0.05) is 43.9 Å². The zero-order valence-corrected chi connectivity index (χ0v) is 22.2. The van der Waals surface area contributed by atoms with Gasteiger partial charge in [0.15, 0.2) is 10.1 Å². The van der Waals surface area contributed by atoms with Crippen LogP contribution >= 0.6 is 23.1 Å². The Morgan fingerprint density at radius 2 is 2.06 bits per heavy atom. The minimum atomic E-state index is -0.665. The van der Waals surface area contributed by atoms with Crippen LogP contribution in [-0.2, 0) is 4.79 Å². The Morgan fingerprint density at radius 3 is 2.71 bits per heavy atom. The third-order valence-corrected chi connectivity index (χ3v) is 8.39. The number of carbonyl (C=O) groups excluding carboxylic acids is 1. The van der Waals surface area contributed by atoms with E-state index in [0.717, 1.165) is 22.2 Å². The molecule has 2 aromatic rings. The number of nitriles is 1. The molecule has 1 aromatic heterocycles. The van der Waals surface area contributed by atoms with Crippen molar-refractivity contribution >= 4 is 34.0 Å². The van der Waals surface area contributed by atoms with Gasteiger partial charge in [0.25, 0.3) is 0 Å². The lowest BCUT2D eigenvalue weighted by Gasteiger charge is -2.42. The van der Waals surface area contributed by atoms with E-state index < -0.39 is 5.92 Å². The maximum atomic E-state index is 13.7. The van der Waals surface area contributed by atoms with E-state index in [1.165, 1.54) is 11.3 Å². The van der Waals surface area contributed by atoms with Crippen LogP contribution in [0.2, 0.25) is 0 Å². The van der Waals surface area contributed by atoms with Crippen LogP contribution < -0.4 is 20.1 Å². The van der Waals surface area contributed by atoms with E-state index in [1.807, 2.05) is 6.07 Å². The van der Waals surface area contributed by atoms with Crippen molar-refractivity contribution in [2.75, 3.05) is 24.9 Å². The molecule has 0 amide bonds. The number of allylic oxidation sites excluding steroid dienone is 3. The number of benzene rings is 1. The Kier molecular flexibility index (Phi) is 7.10. The third kappa shape index (κ3) is 4.62. The molecule has 2 heterocycles. The molecular weight excluding hydrogens is 482 g/mol. The second kappa shape index (κ2) is 9.91. The zero-order valence-electron chi connectivity index (χ0n) is 20.5. The summed E-state index contributed by atoms with van der Waals surface area (Å²) in [5.41, 5.74) is 8.70. The topological polar surface area (TPSA) is 114 Å². The van der Waals surface area contributed by atoms with Crippen molar-refractivity contribution in [3.8, 4) is 17.6 Å². The quantitative estimate of drug-likeness (QED) is 0.513. The van der Waals surface area contributed by atoms with Crippen LogP contribution in [-0.4, -0.2) is 36.0 Å². The number of hydrogen-bond acceptors (Lipinski definition) is 10. The number of rotatable bonds is 7. The molecule has 4 rings (SSSR count). The zero-order chi connectivity index (χ0) is 25.3. The van der Waals surface area contributed by atoms with Gasteiger partial charge in [0.1, 0.15) is 17.3 Å². The fourth-order valence-corrected chi connectivity index (χ4v) is 6.45. The highest BCUT2D eigenvalue weighted by Crippen LogP contribution is 2.52. The molecule has 8 nitrogen and oxygen atoms in total. The lowest BCUT2D eigenvalue weighted by Crippen LogP contribution is -2.42. The second-order valence-corrected chi connectivity index (χ2v) is 11.6. The van der Waals surface area contributed by atoms with Crippen molar-refractivity contribution in [1.29, 1.82) is 5.26 Å². The summed E-state index contributed by atoms with van der Waals surface area (Å²) in [5, 5.41) is 19.6. The Labute approximate surface area is 213 Å². The van der Waals surface area contributed by atoms with Crippen LogP contribution in [0.4, 0.5) is 5.13 Å². The number of ketones is 1. The maximum absolute atomic E-state index is 13.7. The van der Waals surface area contributed by atoms with E-state index in [9.17, 15) is 10.1 Å². The van der Waals surface area contributed by atoms with E-state index in [-0.39, 0.29) is 22.6 Å². The van der Waals surface area contributed by atoms with Crippen LogP contribution in [0.25, 0.3) is 0 Å². The molecule has 1 atom stereocenters. The highest BCUT2D eigenvalue weighted by atomic mass is 32.2. The summed E-state index contributed by atoms with van der Waals surface area (Å²) in [6.07, 6.45) is 1.99. The number of aromatic nitrogens is 2. The molecule has 2 N–H and O–H groups in total. The van der Waals surface area contributed by atoms with Crippen LogP contribution in [0.3, 0.4) is 0 Å². The van der Waals surface area contributed by atoms with Gasteiger partial charge in [0.05, 0.1) is 31.8 Å². The average Bonchev–Trinajstić information content (AvgIpc) is 3.29. The van der Waals surface area contributed by atoms with Crippen molar-refractivity contribution in [1.82, 2.24) is 10.2 Å². The molecule has 1 unspecified atom stereocenters. The van der Waals surface area contributed by atoms with Crippen molar-refractivity contribution in [3.05, 3.63) is 46.4 Å². The fourth-order valence-electron chi connectivity index (χ4n) is 4.64. The number of ether oxygens (including phenoxy) is 2. The average molecular weight is 512 g/mol. The van der Waals surface area contributed by atoms with Gasteiger partial charge in [-0.3, -0.25) is 9.69 Å². The van der Waals surface area contributed by atoms with Crippen LogP contribution in [0.15, 0.2) is 45.2 Å². The largest absolute Gasteiger partial charge is 0.497 e. The van der Waals surface area contributed by atoms with Crippen molar-refractivity contribution < 1.29 is 14.3 Å². The van der Waals surface area contributed by atoms with Crippen LogP contribution in [0.5, 0.6) is 11.5 Å². The molecule has 0 fully saturated rings. The Balaban J connectivity index is 1.96. The first kappa shape index (κ1) is 25.1. The van der Waals surface area contributed by atoms with E-state index in [0.29, 0.717) is 40.6 Å². The Hall–Kier alpha value is -3.03. The standard InChI is InChI=1S/C25H29N5O3S2/c1-6-9-34-24-29-28-23(35-24)30-17-11-25(2,3)12-18(31)21(17)20(16(13-26)22(30)27)15-10-14(32-4)7-8-19(15)33-5/h7-8,10,20H,6,9,11-12,27H2,1-5H3. The van der Waals surface area contributed by atoms with E-state index in [2.05, 4.69) is 37.0 Å². The summed E-state index contributed by atoms with van der Waals surface area (Å²) in [6.45, 7) is 6.24.